The summed E-state index contributed by atoms with van der Waals surface area (Å²) in [4.78, 5) is 0. The van der Waals surface area contributed by atoms with Crippen LogP contribution in [0, 0.1) is 0 Å². The van der Waals surface area contributed by atoms with Crippen molar-refractivity contribution in [1.29, 1.82) is 0 Å². The first-order chi connectivity index (χ1) is 9.10. The Morgan fingerprint density at radius 3 is 2.45 bits per heavy atom. The third-order valence-electron chi connectivity index (χ3n) is 3.06. The van der Waals surface area contributed by atoms with Crippen LogP contribution in [-0.4, -0.2) is 23.3 Å². The molecule has 0 aliphatic heterocycles. The van der Waals surface area contributed by atoms with Gasteiger partial charge in [-0.25, -0.2) is 0 Å². The maximum Gasteiger partial charge on any atom is 0.416 e. The van der Waals surface area contributed by atoms with Gasteiger partial charge in [0.1, 0.15) is 0 Å². The minimum atomic E-state index is -4.35. The number of hydrogen-bond donors (Lipinski definition) is 2. The van der Waals surface area contributed by atoms with Crippen molar-refractivity contribution in [3.63, 3.8) is 0 Å². The lowest BCUT2D eigenvalue weighted by molar-refractivity contribution is -0.137. The van der Waals surface area contributed by atoms with Crippen molar-refractivity contribution in [1.82, 2.24) is 5.32 Å². The van der Waals surface area contributed by atoms with Crippen LogP contribution < -0.4 is 5.32 Å². The standard InChI is InChI=1S/C15H22F3NO/c1-11(2)19-8-7-14(3,20)10-12-5-4-6-13(9-12)15(16,17)18/h4-6,9,11,19-20H,7-8,10H2,1-3H3. The van der Waals surface area contributed by atoms with E-state index in [1.165, 1.54) is 6.07 Å². The Labute approximate surface area is 118 Å². The Hall–Kier alpha value is -1.07. The Kier molecular flexibility index (Phi) is 5.59. The largest absolute Gasteiger partial charge is 0.416 e. The summed E-state index contributed by atoms with van der Waals surface area (Å²) in [5.41, 5.74) is -1.20. The summed E-state index contributed by atoms with van der Waals surface area (Å²) in [6.07, 6.45) is -3.65. The van der Waals surface area contributed by atoms with E-state index in [-0.39, 0.29) is 6.42 Å². The average Bonchev–Trinajstić information content (AvgIpc) is 2.26. The first-order valence-corrected chi connectivity index (χ1v) is 6.72. The summed E-state index contributed by atoms with van der Waals surface area (Å²) in [7, 11) is 0. The fourth-order valence-electron chi connectivity index (χ4n) is 2.02. The van der Waals surface area contributed by atoms with E-state index < -0.39 is 17.3 Å². The van der Waals surface area contributed by atoms with E-state index in [0.717, 1.165) is 12.1 Å². The minimum Gasteiger partial charge on any atom is -0.390 e. The Bertz CT molecular complexity index is 427. The van der Waals surface area contributed by atoms with Crippen LogP contribution in [0.2, 0.25) is 0 Å². The highest BCUT2D eigenvalue weighted by Crippen LogP contribution is 2.30. The molecule has 0 spiro atoms. The van der Waals surface area contributed by atoms with Crippen LogP contribution in [0.5, 0.6) is 0 Å². The predicted molar refractivity (Wildman–Crippen MR) is 73.5 cm³/mol. The van der Waals surface area contributed by atoms with Crippen LogP contribution >= 0.6 is 0 Å². The smallest absolute Gasteiger partial charge is 0.390 e. The molecule has 2 nitrogen and oxygen atoms in total. The van der Waals surface area contributed by atoms with Crippen molar-refractivity contribution < 1.29 is 18.3 Å². The lowest BCUT2D eigenvalue weighted by Gasteiger charge is -2.24. The number of hydrogen-bond acceptors (Lipinski definition) is 2. The van der Waals surface area contributed by atoms with Crippen LogP contribution in [0.4, 0.5) is 13.2 Å². The first-order valence-electron chi connectivity index (χ1n) is 6.72. The SMILES string of the molecule is CC(C)NCCC(C)(O)Cc1cccc(C(F)(F)F)c1. The Morgan fingerprint density at radius 2 is 1.90 bits per heavy atom. The first kappa shape index (κ1) is 17.0. The Morgan fingerprint density at radius 1 is 1.25 bits per heavy atom. The molecule has 1 rings (SSSR count). The number of aliphatic hydroxyl groups is 1. The summed E-state index contributed by atoms with van der Waals surface area (Å²) in [6.45, 7) is 6.28. The second kappa shape index (κ2) is 6.59. The summed E-state index contributed by atoms with van der Waals surface area (Å²) < 4.78 is 37.9. The van der Waals surface area contributed by atoms with E-state index in [9.17, 15) is 18.3 Å². The second-order valence-corrected chi connectivity index (χ2v) is 5.73. The molecule has 0 heterocycles. The lowest BCUT2D eigenvalue weighted by Crippen LogP contribution is -2.34. The Balaban J connectivity index is 2.67. The fourth-order valence-corrected chi connectivity index (χ4v) is 2.02. The molecule has 20 heavy (non-hydrogen) atoms. The maximum atomic E-state index is 12.6. The van der Waals surface area contributed by atoms with Crippen LogP contribution in [-0.2, 0) is 12.6 Å². The lowest BCUT2D eigenvalue weighted by atomic mass is 9.92. The van der Waals surface area contributed by atoms with Crippen molar-refractivity contribution in [3.05, 3.63) is 35.4 Å². The van der Waals surface area contributed by atoms with Gasteiger partial charge in [-0.2, -0.15) is 13.2 Å². The molecule has 1 unspecified atom stereocenters. The van der Waals surface area contributed by atoms with Crippen LogP contribution in [0.1, 0.15) is 38.3 Å². The molecule has 0 radical (unpaired) electrons. The molecule has 2 N–H and O–H groups in total. The van der Waals surface area contributed by atoms with E-state index in [4.69, 9.17) is 0 Å². The van der Waals surface area contributed by atoms with Crippen molar-refractivity contribution in [2.45, 2.75) is 51.4 Å². The van der Waals surface area contributed by atoms with Gasteiger partial charge in [0.2, 0.25) is 0 Å². The van der Waals surface area contributed by atoms with Gasteiger partial charge in [-0.05, 0) is 31.5 Å². The molecule has 0 saturated heterocycles. The predicted octanol–water partition coefficient (Wildman–Crippen LogP) is 3.39. The zero-order valence-corrected chi connectivity index (χ0v) is 12.1. The van der Waals surface area contributed by atoms with E-state index >= 15 is 0 Å². The maximum absolute atomic E-state index is 12.6. The van der Waals surface area contributed by atoms with E-state index in [2.05, 4.69) is 5.32 Å². The molecule has 1 atom stereocenters. The van der Waals surface area contributed by atoms with Crippen molar-refractivity contribution in [2.24, 2.45) is 0 Å². The quantitative estimate of drug-likeness (QED) is 0.841. The number of nitrogens with one attached hydrogen (secondary N) is 1. The minimum absolute atomic E-state index is 0.205. The van der Waals surface area contributed by atoms with Gasteiger partial charge >= 0.3 is 6.18 Å². The van der Waals surface area contributed by atoms with Gasteiger partial charge in [-0.3, -0.25) is 0 Å². The summed E-state index contributed by atoms with van der Waals surface area (Å²) in [5, 5.41) is 13.4. The van der Waals surface area contributed by atoms with Gasteiger partial charge in [-0.1, -0.05) is 32.0 Å². The molecule has 0 fully saturated rings. The van der Waals surface area contributed by atoms with Gasteiger partial charge in [0, 0.05) is 12.5 Å². The molecule has 0 aliphatic rings. The van der Waals surface area contributed by atoms with Crippen LogP contribution in [0.15, 0.2) is 24.3 Å². The number of alkyl halides is 3. The number of benzene rings is 1. The highest BCUT2D eigenvalue weighted by molar-refractivity contribution is 5.26. The third kappa shape index (κ3) is 5.92. The molecule has 1 aromatic carbocycles. The highest BCUT2D eigenvalue weighted by Gasteiger charge is 2.31. The molecule has 5 heteroatoms. The molecular formula is C15H22F3NO. The zero-order valence-electron chi connectivity index (χ0n) is 12.1. The molecule has 1 aromatic rings. The molecule has 0 bridgehead atoms. The molecular weight excluding hydrogens is 267 g/mol. The van der Waals surface area contributed by atoms with Gasteiger partial charge in [0.05, 0.1) is 11.2 Å². The molecule has 0 amide bonds. The van der Waals surface area contributed by atoms with Gasteiger partial charge in [-0.15, -0.1) is 0 Å². The second-order valence-electron chi connectivity index (χ2n) is 5.73. The van der Waals surface area contributed by atoms with E-state index in [0.29, 0.717) is 24.6 Å². The summed E-state index contributed by atoms with van der Waals surface area (Å²) in [5.74, 6) is 0. The molecule has 114 valence electrons. The highest BCUT2D eigenvalue weighted by atomic mass is 19.4. The van der Waals surface area contributed by atoms with Crippen molar-refractivity contribution in [3.8, 4) is 0 Å². The van der Waals surface area contributed by atoms with Gasteiger partial charge in [0.25, 0.3) is 0 Å². The summed E-state index contributed by atoms with van der Waals surface area (Å²) >= 11 is 0. The fraction of sp³-hybridized carbons (Fsp3) is 0.600. The van der Waals surface area contributed by atoms with E-state index in [1.807, 2.05) is 13.8 Å². The van der Waals surface area contributed by atoms with Crippen molar-refractivity contribution >= 4 is 0 Å². The third-order valence-corrected chi connectivity index (χ3v) is 3.06. The van der Waals surface area contributed by atoms with E-state index in [1.54, 1.807) is 13.0 Å². The average molecular weight is 289 g/mol. The monoisotopic (exact) mass is 289 g/mol. The number of halogens is 3. The number of rotatable bonds is 6. The van der Waals surface area contributed by atoms with Gasteiger partial charge in [0.15, 0.2) is 0 Å². The molecule has 0 aliphatic carbocycles. The normalized spacial score (nSPS) is 15.4. The zero-order chi connectivity index (χ0) is 15.4. The van der Waals surface area contributed by atoms with Crippen LogP contribution in [0.3, 0.4) is 0 Å². The topological polar surface area (TPSA) is 32.3 Å². The molecule has 0 saturated carbocycles. The van der Waals surface area contributed by atoms with Crippen molar-refractivity contribution in [2.75, 3.05) is 6.54 Å². The van der Waals surface area contributed by atoms with Gasteiger partial charge < -0.3 is 10.4 Å². The summed E-state index contributed by atoms with van der Waals surface area (Å²) in [6, 6.07) is 5.45. The van der Waals surface area contributed by atoms with Crippen LogP contribution in [0.25, 0.3) is 0 Å². The molecule has 0 aromatic heterocycles.